The molecule has 3 rings (SSSR count). The van der Waals surface area contributed by atoms with Crippen LogP contribution in [0.1, 0.15) is 27.2 Å². The maximum atomic E-state index is 12.7. The molecule has 0 aliphatic carbocycles. The number of aromatic nitrogens is 2. The number of hydrogen-bond donors (Lipinski definition) is 1. The van der Waals surface area contributed by atoms with Gasteiger partial charge in [-0.1, -0.05) is 12.1 Å². The number of carbonyl (C=O) groups excluding carboxylic acids is 1. The van der Waals surface area contributed by atoms with Gasteiger partial charge in [-0.05, 0) is 55.3 Å². The predicted molar refractivity (Wildman–Crippen MR) is 101 cm³/mol. The molecule has 3 aromatic rings. The standard InChI is InChI=1S/C21H18F3N3O2/c1-13-3-6-19(26-10-13)16-7-17(9-18(8-16)29-21(22,23)24)20(28)27-12-15-5-4-14(2)25-11-15/h3-11H,12H2,1-2H3,(H,27,28). The van der Waals surface area contributed by atoms with Gasteiger partial charge < -0.3 is 10.1 Å². The van der Waals surface area contributed by atoms with Gasteiger partial charge in [-0.15, -0.1) is 13.2 Å². The van der Waals surface area contributed by atoms with Crippen molar-refractivity contribution in [2.75, 3.05) is 0 Å². The summed E-state index contributed by atoms with van der Waals surface area (Å²) in [7, 11) is 0. The van der Waals surface area contributed by atoms with Gasteiger partial charge in [0.05, 0.1) is 5.69 Å². The zero-order valence-corrected chi connectivity index (χ0v) is 15.7. The normalized spacial score (nSPS) is 11.2. The van der Waals surface area contributed by atoms with E-state index in [0.717, 1.165) is 22.9 Å². The smallest absolute Gasteiger partial charge is 0.406 e. The number of nitrogens with zero attached hydrogens (tertiary/aromatic N) is 2. The number of halogens is 3. The molecule has 2 aromatic heterocycles. The summed E-state index contributed by atoms with van der Waals surface area (Å²) in [5.74, 6) is -1.02. The fourth-order valence-electron chi connectivity index (χ4n) is 2.60. The molecule has 0 saturated heterocycles. The number of aryl methyl sites for hydroxylation is 2. The van der Waals surface area contributed by atoms with Gasteiger partial charge in [-0.3, -0.25) is 14.8 Å². The van der Waals surface area contributed by atoms with Crippen LogP contribution in [0.5, 0.6) is 5.75 Å². The van der Waals surface area contributed by atoms with Crippen molar-refractivity contribution < 1.29 is 22.7 Å². The molecular weight excluding hydrogens is 383 g/mol. The van der Waals surface area contributed by atoms with Crippen molar-refractivity contribution in [1.82, 2.24) is 15.3 Å². The molecule has 0 atom stereocenters. The maximum absolute atomic E-state index is 12.7. The quantitative estimate of drug-likeness (QED) is 0.679. The molecule has 1 N–H and O–H groups in total. The average molecular weight is 401 g/mol. The van der Waals surface area contributed by atoms with E-state index >= 15 is 0 Å². The van der Waals surface area contributed by atoms with Crippen molar-refractivity contribution >= 4 is 5.91 Å². The van der Waals surface area contributed by atoms with Gasteiger partial charge in [0.1, 0.15) is 5.75 Å². The minimum Gasteiger partial charge on any atom is -0.406 e. The third-order valence-corrected chi connectivity index (χ3v) is 4.04. The van der Waals surface area contributed by atoms with E-state index in [9.17, 15) is 18.0 Å². The molecule has 8 heteroatoms. The van der Waals surface area contributed by atoms with Crippen LogP contribution in [0, 0.1) is 13.8 Å². The lowest BCUT2D eigenvalue weighted by Gasteiger charge is -2.13. The van der Waals surface area contributed by atoms with Gasteiger partial charge in [0.15, 0.2) is 0 Å². The van der Waals surface area contributed by atoms with Crippen LogP contribution in [0.15, 0.2) is 54.9 Å². The Morgan fingerprint density at radius 3 is 2.45 bits per heavy atom. The summed E-state index contributed by atoms with van der Waals surface area (Å²) in [4.78, 5) is 20.9. The number of rotatable bonds is 5. The van der Waals surface area contributed by atoms with Crippen LogP contribution in [-0.2, 0) is 6.54 Å². The summed E-state index contributed by atoms with van der Waals surface area (Å²) in [6.45, 7) is 3.88. The molecule has 0 aliphatic heterocycles. The minimum absolute atomic E-state index is 0.0317. The average Bonchev–Trinajstić information content (AvgIpc) is 2.66. The minimum atomic E-state index is -4.87. The summed E-state index contributed by atoms with van der Waals surface area (Å²) in [5.41, 5.74) is 3.32. The van der Waals surface area contributed by atoms with Crippen LogP contribution in [-0.4, -0.2) is 22.2 Å². The molecule has 0 spiro atoms. The van der Waals surface area contributed by atoms with Crippen LogP contribution in [0.3, 0.4) is 0 Å². The highest BCUT2D eigenvalue weighted by Gasteiger charge is 2.31. The fraction of sp³-hybridized carbons (Fsp3) is 0.190. The van der Waals surface area contributed by atoms with Gasteiger partial charge in [0, 0.05) is 35.8 Å². The Balaban J connectivity index is 1.88. The third kappa shape index (κ3) is 5.78. The van der Waals surface area contributed by atoms with E-state index in [1.54, 1.807) is 30.6 Å². The first kappa shape index (κ1) is 20.3. The van der Waals surface area contributed by atoms with E-state index in [0.29, 0.717) is 11.3 Å². The first-order valence-corrected chi connectivity index (χ1v) is 8.73. The molecule has 0 aliphatic rings. The predicted octanol–water partition coefficient (Wildman–Crippen LogP) is 4.59. The first-order chi connectivity index (χ1) is 13.7. The Kier molecular flexibility index (Phi) is 5.81. The molecule has 1 amide bonds. The zero-order valence-electron chi connectivity index (χ0n) is 15.7. The summed E-state index contributed by atoms with van der Waals surface area (Å²) in [5, 5.41) is 2.68. The van der Waals surface area contributed by atoms with E-state index in [2.05, 4.69) is 20.0 Å². The number of amides is 1. The second-order valence-corrected chi connectivity index (χ2v) is 6.51. The number of ether oxygens (including phenoxy) is 1. The number of pyridine rings is 2. The van der Waals surface area contributed by atoms with Gasteiger partial charge in [0.25, 0.3) is 5.91 Å². The van der Waals surface area contributed by atoms with E-state index < -0.39 is 18.0 Å². The largest absolute Gasteiger partial charge is 0.573 e. The van der Waals surface area contributed by atoms with Crippen LogP contribution >= 0.6 is 0 Å². The lowest BCUT2D eigenvalue weighted by Crippen LogP contribution is -2.23. The van der Waals surface area contributed by atoms with Crippen LogP contribution in [0.2, 0.25) is 0 Å². The van der Waals surface area contributed by atoms with E-state index in [1.807, 2.05) is 19.9 Å². The van der Waals surface area contributed by atoms with E-state index in [1.165, 1.54) is 12.1 Å². The third-order valence-electron chi connectivity index (χ3n) is 4.04. The summed E-state index contributed by atoms with van der Waals surface area (Å²) in [6, 6.07) is 10.8. The van der Waals surface area contributed by atoms with Crippen molar-refractivity contribution in [2.45, 2.75) is 26.8 Å². The molecule has 0 saturated carbocycles. The highest BCUT2D eigenvalue weighted by molar-refractivity contribution is 5.95. The second-order valence-electron chi connectivity index (χ2n) is 6.51. The molecule has 0 fully saturated rings. The lowest BCUT2D eigenvalue weighted by molar-refractivity contribution is -0.274. The molecular formula is C21H18F3N3O2. The van der Waals surface area contributed by atoms with Crippen molar-refractivity contribution in [3.8, 4) is 17.0 Å². The monoisotopic (exact) mass is 401 g/mol. The van der Waals surface area contributed by atoms with Crippen molar-refractivity contribution in [3.05, 3.63) is 77.2 Å². The number of carbonyl (C=O) groups is 1. The number of benzene rings is 1. The van der Waals surface area contributed by atoms with E-state index in [4.69, 9.17) is 0 Å². The molecule has 0 bridgehead atoms. The maximum Gasteiger partial charge on any atom is 0.573 e. The number of alkyl halides is 3. The van der Waals surface area contributed by atoms with Gasteiger partial charge >= 0.3 is 6.36 Å². The zero-order chi connectivity index (χ0) is 21.0. The van der Waals surface area contributed by atoms with Crippen LogP contribution in [0.4, 0.5) is 13.2 Å². The Bertz CT molecular complexity index is 1000. The van der Waals surface area contributed by atoms with Crippen molar-refractivity contribution in [2.24, 2.45) is 0 Å². The topological polar surface area (TPSA) is 64.1 Å². The molecule has 0 unspecified atom stereocenters. The summed E-state index contributed by atoms with van der Waals surface area (Å²) in [6.07, 6.45) is -1.65. The molecule has 2 heterocycles. The van der Waals surface area contributed by atoms with Gasteiger partial charge in [0.2, 0.25) is 0 Å². The lowest BCUT2D eigenvalue weighted by atomic mass is 10.1. The molecule has 150 valence electrons. The fourth-order valence-corrected chi connectivity index (χ4v) is 2.60. The van der Waals surface area contributed by atoms with Gasteiger partial charge in [-0.2, -0.15) is 0 Å². The Morgan fingerprint density at radius 1 is 1.03 bits per heavy atom. The Morgan fingerprint density at radius 2 is 1.83 bits per heavy atom. The number of nitrogens with one attached hydrogen (secondary N) is 1. The highest BCUT2D eigenvalue weighted by atomic mass is 19.4. The van der Waals surface area contributed by atoms with Gasteiger partial charge in [-0.25, -0.2) is 0 Å². The highest BCUT2D eigenvalue weighted by Crippen LogP contribution is 2.29. The molecule has 0 radical (unpaired) electrons. The second kappa shape index (κ2) is 8.30. The van der Waals surface area contributed by atoms with Crippen molar-refractivity contribution in [1.29, 1.82) is 0 Å². The molecule has 1 aromatic carbocycles. The molecule has 29 heavy (non-hydrogen) atoms. The van der Waals surface area contributed by atoms with Crippen LogP contribution < -0.4 is 10.1 Å². The van der Waals surface area contributed by atoms with E-state index in [-0.39, 0.29) is 12.1 Å². The van der Waals surface area contributed by atoms with Crippen LogP contribution in [0.25, 0.3) is 11.3 Å². The Labute approximate surface area is 165 Å². The number of hydrogen-bond acceptors (Lipinski definition) is 4. The van der Waals surface area contributed by atoms with Crippen molar-refractivity contribution in [3.63, 3.8) is 0 Å². The first-order valence-electron chi connectivity index (χ1n) is 8.73. The molecule has 5 nitrogen and oxygen atoms in total. The summed E-state index contributed by atoms with van der Waals surface area (Å²) < 4.78 is 42.2. The summed E-state index contributed by atoms with van der Waals surface area (Å²) >= 11 is 0. The Hall–Kier alpha value is -3.42. The SMILES string of the molecule is Cc1ccc(-c2cc(OC(F)(F)F)cc(C(=O)NCc3ccc(C)nc3)c2)nc1.